The maximum absolute atomic E-state index is 10.4. The van der Waals surface area contributed by atoms with Gasteiger partial charge in [0.15, 0.2) is 0 Å². The first-order valence-corrected chi connectivity index (χ1v) is 6.14. The van der Waals surface area contributed by atoms with Crippen LogP contribution in [0.4, 0.5) is 0 Å². The summed E-state index contributed by atoms with van der Waals surface area (Å²) in [7, 11) is 5.29. The van der Waals surface area contributed by atoms with E-state index in [4.69, 9.17) is 4.74 Å². The number of ether oxygens (including phenoxy) is 1. The number of carbonyl (C=O) groups is 1. The molecule has 0 radical (unpaired) electrons. The largest absolute Gasteiger partial charge is 0.382 e. The van der Waals surface area contributed by atoms with Crippen molar-refractivity contribution in [3.8, 4) is 0 Å². The Morgan fingerprint density at radius 2 is 1.28 bits per heavy atom. The van der Waals surface area contributed by atoms with E-state index >= 15 is 0 Å². The summed E-state index contributed by atoms with van der Waals surface area (Å²) in [6.07, 6.45) is 0.384. The van der Waals surface area contributed by atoms with Gasteiger partial charge in [0.2, 0.25) is 5.91 Å². The molecular formula is C14H36N2O2. The fourth-order valence-electron chi connectivity index (χ4n) is 0.289. The minimum Gasteiger partial charge on any atom is -0.382 e. The Kier molecular flexibility index (Phi) is 27.1. The van der Waals surface area contributed by atoms with Crippen molar-refractivity contribution in [2.24, 2.45) is 5.92 Å². The van der Waals surface area contributed by atoms with Gasteiger partial charge in [-0.15, -0.1) is 0 Å². The molecule has 1 amide bonds. The molecule has 114 valence electrons. The highest BCUT2D eigenvalue weighted by atomic mass is 16.5. The predicted molar refractivity (Wildman–Crippen MR) is 82.0 cm³/mol. The minimum atomic E-state index is 0. The second-order valence-electron chi connectivity index (χ2n) is 4.50. The lowest BCUT2D eigenvalue weighted by Crippen LogP contribution is -2.22. The maximum Gasteiger partial charge on any atom is 0.222 e. The Labute approximate surface area is 115 Å². The lowest BCUT2D eigenvalue weighted by molar-refractivity contribution is -0.123. The van der Waals surface area contributed by atoms with E-state index in [2.05, 4.69) is 24.5 Å². The van der Waals surface area contributed by atoms with Crippen LogP contribution in [0.3, 0.4) is 0 Å². The van der Waals surface area contributed by atoms with E-state index in [1.165, 1.54) is 0 Å². The summed E-state index contributed by atoms with van der Waals surface area (Å²) in [5, 5.41) is 5.55. The normalized spacial score (nSPS) is 8.89. The van der Waals surface area contributed by atoms with E-state index in [1.807, 2.05) is 34.7 Å². The average Bonchev–Trinajstić information content (AvgIpc) is 2.29. The number of amides is 1. The maximum atomic E-state index is 10.4. The van der Waals surface area contributed by atoms with Gasteiger partial charge in [0.1, 0.15) is 0 Å². The van der Waals surface area contributed by atoms with Gasteiger partial charge in [-0.3, -0.25) is 4.79 Å². The molecule has 0 heterocycles. The number of carbonyl (C=O) groups excluding carboxylic acids is 1. The second kappa shape index (κ2) is 18.7. The van der Waals surface area contributed by atoms with Crippen LogP contribution < -0.4 is 10.6 Å². The summed E-state index contributed by atoms with van der Waals surface area (Å²) >= 11 is 0. The molecule has 0 aliphatic carbocycles. The number of nitrogens with one attached hydrogen (secondary N) is 2. The van der Waals surface area contributed by atoms with Gasteiger partial charge in [-0.1, -0.05) is 35.1 Å². The quantitative estimate of drug-likeness (QED) is 0.824. The Morgan fingerprint density at radius 1 is 1.00 bits per heavy atom. The van der Waals surface area contributed by atoms with Crippen molar-refractivity contribution in [1.29, 1.82) is 0 Å². The number of hydrogen-bond donors (Lipinski definition) is 2. The Bertz CT molecular complexity index is 150. The molecule has 0 saturated heterocycles. The van der Waals surface area contributed by atoms with Crippen molar-refractivity contribution in [1.82, 2.24) is 10.6 Å². The van der Waals surface area contributed by atoms with Crippen LogP contribution in [0.25, 0.3) is 0 Å². The molecule has 0 aromatic carbocycles. The highest BCUT2D eigenvalue weighted by Gasteiger charge is 2.00. The van der Waals surface area contributed by atoms with Gasteiger partial charge >= 0.3 is 0 Å². The summed E-state index contributed by atoms with van der Waals surface area (Å²) in [5.74, 6) is 0.213. The number of rotatable bonds is 3. The zero-order valence-electron chi connectivity index (χ0n) is 13.0. The highest BCUT2D eigenvalue weighted by molar-refractivity contribution is 5.77. The topological polar surface area (TPSA) is 50.4 Å². The standard InChI is InChI=1S/C5H11NO.C4H11N.C4H10O.CH4/c1-4(2)5(7)6-3;2*1-4(2)5-3;/h4H,1-3H3,(H,6,7);4-5H,1-3H3;4H,1-3H3;1H4. The van der Waals surface area contributed by atoms with Gasteiger partial charge in [-0.05, 0) is 20.9 Å². The van der Waals surface area contributed by atoms with Crippen LogP contribution in [-0.2, 0) is 9.53 Å². The molecule has 0 atom stereocenters. The van der Waals surface area contributed by atoms with Crippen molar-refractivity contribution in [2.75, 3.05) is 21.2 Å². The minimum absolute atomic E-state index is 0. The van der Waals surface area contributed by atoms with Crippen molar-refractivity contribution < 1.29 is 9.53 Å². The molecule has 0 bridgehead atoms. The van der Waals surface area contributed by atoms with Gasteiger partial charge in [0.05, 0.1) is 6.10 Å². The molecule has 0 fully saturated rings. The van der Waals surface area contributed by atoms with Gasteiger partial charge < -0.3 is 15.4 Å². The zero-order valence-corrected chi connectivity index (χ0v) is 13.0. The molecule has 0 aromatic heterocycles. The van der Waals surface area contributed by atoms with E-state index in [0.29, 0.717) is 12.1 Å². The Hall–Kier alpha value is -0.610. The van der Waals surface area contributed by atoms with E-state index in [-0.39, 0.29) is 19.3 Å². The summed E-state index contributed by atoms with van der Waals surface area (Å²) in [5.41, 5.74) is 0. The molecule has 18 heavy (non-hydrogen) atoms. The van der Waals surface area contributed by atoms with Crippen LogP contribution >= 0.6 is 0 Å². The zero-order chi connectivity index (χ0) is 14.4. The van der Waals surface area contributed by atoms with Crippen LogP contribution in [0.5, 0.6) is 0 Å². The third-order valence-electron chi connectivity index (χ3n) is 1.82. The SMILES string of the molecule is C.CNC(=O)C(C)C.CNC(C)C.COC(C)C. The summed E-state index contributed by atoms with van der Waals surface area (Å²) in [6, 6.07) is 0.634. The molecule has 0 aliphatic heterocycles. The van der Waals surface area contributed by atoms with E-state index in [0.717, 1.165) is 0 Å². The first-order chi connectivity index (χ1) is 7.72. The third kappa shape index (κ3) is 36.1. The van der Waals surface area contributed by atoms with Gasteiger partial charge in [-0.25, -0.2) is 0 Å². The molecule has 4 heteroatoms. The molecule has 0 rings (SSSR count). The van der Waals surface area contributed by atoms with E-state index in [1.54, 1.807) is 14.2 Å². The van der Waals surface area contributed by atoms with Gasteiger partial charge in [0, 0.05) is 26.1 Å². The molecule has 0 spiro atoms. The molecule has 0 aromatic rings. The van der Waals surface area contributed by atoms with Crippen molar-refractivity contribution >= 4 is 5.91 Å². The third-order valence-corrected chi connectivity index (χ3v) is 1.82. The molecule has 0 aliphatic rings. The van der Waals surface area contributed by atoms with Crippen LogP contribution in [-0.4, -0.2) is 39.3 Å². The first-order valence-electron chi connectivity index (χ1n) is 6.14. The van der Waals surface area contributed by atoms with Crippen LogP contribution in [0.2, 0.25) is 0 Å². The van der Waals surface area contributed by atoms with Gasteiger partial charge in [0.25, 0.3) is 0 Å². The molecular weight excluding hydrogens is 228 g/mol. The van der Waals surface area contributed by atoms with E-state index in [9.17, 15) is 4.79 Å². The fourth-order valence-corrected chi connectivity index (χ4v) is 0.289. The lowest BCUT2D eigenvalue weighted by atomic mass is 10.2. The molecule has 4 nitrogen and oxygen atoms in total. The summed E-state index contributed by atoms with van der Waals surface area (Å²) < 4.78 is 4.75. The van der Waals surface area contributed by atoms with Crippen molar-refractivity contribution in [3.63, 3.8) is 0 Å². The molecule has 0 saturated carbocycles. The lowest BCUT2D eigenvalue weighted by Gasteiger charge is -1.98. The Morgan fingerprint density at radius 3 is 1.28 bits per heavy atom. The molecule has 2 N–H and O–H groups in total. The predicted octanol–water partition coefficient (Wildman–Crippen LogP) is 2.68. The first kappa shape index (κ1) is 26.1. The summed E-state index contributed by atoms with van der Waals surface area (Å²) in [4.78, 5) is 10.4. The van der Waals surface area contributed by atoms with Crippen LogP contribution in [0, 0.1) is 5.92 Å². The van der Waals surface area contributed by atoms with Crippen molar-refractivity contribution in [2.45, 2.75) is 61.1 Å². The van der Waals surface area contributed by atoms with Crippen molar-refractivity contribution in [3.05, 3.63) is 0 Å². The number of hydrogen-bond acceptors (Lipinski definition) is 3. The van der Waals surface area contributed by atoms with Crippen LogP contribution in [0.1, 0.15) is 49.0 Å². The van der Waals surface area contributed by atoms with Crippen LogP contribution in [0.15, 0.2) is 0 Å². The average molecular weight is 264 g/mol. The second-order valence-corrected chi connectivity index (χ2v) is 4.50. The number of methoxy groups -OCH3 is 1. The monoisotopic (exact) mass is 264 g/mol. The van der Waals surface area contributed by atoms with Gasteiger partial charge in [-0.2, -0.15) is 0 Å². The summed E-state index contributed by atoms with van der Waals surface area (Å²) in [6.45, 7) is 11.9. The van der Waals surface area contributed by atoms with E-state index < -0.39 is 0 Å². The smallest absolute Gasteiger partial charge is 0.222 e. The fraction of sp³-hybridized carbons (Fsp3) is 0.929. The Balaban J connectivity index is -0.0000000813. The molecule has 0 unspecified atom stereocenters. The highest BCUT2D eigenvalue weighted by Crippen LogP contribution is 1.87.